The Hall–Kier alpha value is -4.79. The first-order valence-electron chi connectivity index (χ1n) is 12.8. The van der Waals surface area contributed by atoms with Crippen molar-refractivity contribution in [2.75, 3.05) is 13.2 Å². The third-order valence-corrected chi connectivity index (χ3v) is 7.37. The summed E-state index contributed by atoms with van der Waals surface area (Å²) < 4.78 is 40.4. The number of ether oxygens (including phenoxy) is 2. The number of cyclic esters (lactones) is 1. The summed E-state index contributed by atoms with van der Waals surface area (Å²) in [5.41, 5.74) is 2.14. The van der Waals surface area contributed by atoms with Gasteiger partial charge in [0.15, 0.2) is 0 Å². The normalized spacial score (nSPS) is 18.6. The zero-order valence-corrected chi connectivity index (χ0v) is 21.5. The average molecular weight is 547 g/mol. The summed E-state index contributed by atoms with van der Waals surface area (Å²) >= 11 is 0. The van der Waals surface area contributed by atoms with Crippen LogP contribution in [0.4, 0.5) is 13.6 Å². The van der Waals surface area contributed by atoms with Crippen molar-refractivity contribution in [3.8, 4) is 23.1 Å². The number of alkyl halides is 2. The van der Waals surface area contributed by atoms with Crippen LogP contribution in [0.5, 0.6) is 5.75 Å². The van der Waals surface area contributed by atoms with Gasteiger partial charge >= 0.3 is 12.6 Å². The van der Waals surface area contributed by atoms with E-state index in [1.165, 1.54) is 6.20 Å². The molecule has 0 bridgehead atoms. The number of rotatable bonds is 6. The molecule has 2 aromatic carbocycles. The largest absolute Gasteiger partial charge is 0.490 e. The first-order chi connectivity index (χ1) is 19.3. The van der Waals surface area contributed by atoms with Crippen LogP contribution < -0.4 is 10.3 Å². The molecule has 10 nitrogen and oxygen atoms in total. The number of hydrogen-bond acceptors (Lipinski definition) is 7. The molecule has 1 amide bonds. The third kappa shape index (κ3) is 4.64. The van der Waals surface area contributed by atoms with Gasteiger partial charge in [0.2, 0.25) is 0 Å². The van der Waals surface area contributed by atoms with Crippen LogP contribution >= 0.6 is 0 Å². The molecule has 12 heteroatoms. The van der Waals surface area contributed by atoms with E-state index in [2.05, 4.69) is 16.0 Å². The summed E-state index contributed by atoms with van der Waals surface area (Å²) in [6.45, 7) is -0.0334. The van der Waals surface area contributed by atoms with E-state index in [4.69, 9.17) is 14.7 Å². The van der Waals surface area contributed by atoms with Crippen molar-refractivity contribution in [2.45, 2.75) is 45.0 Å². The van der Waals surface area contributed by atoms with Gasteiger partial charge in [0.05, 0.1) is 47.1 Å². The van der Waals surface area contributed by atoms with Crippen LogP contribution in [-0.4, -0.2) is 55.4 Å². The Morgan fingerprint density at radius 2 is 2.02 bits per heavy atom. The first kappa shape index (κ1) is 25.5. The van der Waals surface area contributed by atoms with E-state index in [1.54, 1.807) is 52.8 Å². The van der Waals surface area contributed by atoms with Crippen molar-refractivity contribution in [3.05, 3.63) is 76.2 Å². The van der Waals surface area contributed by atoms with Gasteiger partial charge in [-0.1, -0.05) is 12.1 Å². The molecule has 2 fully saturated rings. The number of aromatic nitrogens is 4. The topological polar surface area (TPSA) is 115 Å². The van der Waals surface area contributed by atoms with E-state index in [1.807, 2.05) is 0 Å². The van der Waals surface area contributed by atoms with Gasteiger partial charge in [0.1, 0.15) is 24.3 Å². The van der Waals surface area contributed by atoms with Crippen LogP contribution in [0, 0.1) is 18.3 Å². The Morgan fingerprint density at radius 3 is 2.75 bits per heavy atom. The number of carbonyl (C=O) groups excluding carboxylic acids is 1. The summed E-state index contributed by atoms with van der Waals surface area (Å²) in [7, 11) is 0. The molecule has 0 N–H and O–H groups in total. The third-order valence-electron chi connectivity index (χ3n) is 7.37. The van der Waals surface area contributed by atoms with Crippen molar-refractivity contribution >= 4 is 17.0 Å². The number of amides is 1. The molecule has 0 spiro atoms. The van der Waals surface area contributed by atoms with Gasteiger partial charge in [-0.15, -0.1) is 0 Å². The Kier molecular flexibility index (Phi) is 6.42. The lowest BCUT2D eigenvalue weighted by molar-refractivity contribution is 0.0701. The lowest BCUT2D eigenvalue weighted by atomic mass is 10.0. The number of hydrogen-bond donors (Lipinski definition) is 0. The molecule has 4 aromatic rings. The van der Waals surface area contributed by atoms with Crippen molar-refractivity contribution < 1.29 is 23.0 Å². The van der Waals surface area contributed by atoms with E-state index in [9.17, 15) is 18.4 Å². The minimum atomic E-state index is -2.76. The zero-order chi connectivity index (χ0) is 28.0. The van der Waals surface area contributed by atoms with Crippen LogP contribution in [0.25, 0.3) is 22.2 Å². The van der Waals surface area contributed by atoms with E-state index < -0.39 is 6.55 Å². The Balaban J connectivity index is 1.41. The summed E-state index contributed by atoms with van der Waals surface area (Å²) in [6.07, 6.45) is 2.72. The Morgan fingerprint density at radius 1 is 1.23 bits per heavy atom. The van der Waals surface area contributed by atoms with Gasteiger partial charge in [-0.05, 0) is 36.8 Å². The predicted molar refractivity (Wildman–Crippen MR) is 139 cm³/mol. The summed E-state index contributed by atoms with van der Waals surface area (Å²) in [4.78, 5) is 36.1. The molecular weight excluding hydrogens is 522 g/mol. The molecule has 2 aromatic heterocycles. The van der Waals surface area contributed by atoms with Gasteiger partial charge in [0.25, 0.3) is 5.56 Å². The van der Waals surface area contributed by atoms with E-state index in [0.717, 1.165) is 11.9 Å². The van der Waals surface area contributed by atoms with Crippen molar-refractivity contribution in [1.82, 2.24) is 24.0 Å². The molecule has 0 unspecified atom stereocenters. The summed E-state index contributed by atoms with van der Waals surface area (Å²) in [5, 5.41) is 9.37. The fourth-order valence-electron chi connectivity index (χ4n) is 5.24. The fourth-order valence-corrected chi connectivity index (χ4v) is 5.24. The standard InChI is InChI=1S/C28H24F2N6O4/c1-16-33-23-9-21(24-13-34(15-32-24)27(29)30)25(40-20-6-7-35-19(8-20)14-39-28(35)38)10-22(23)26(37)36(16)12-18-4-2-17(11-31)3-5-18/h2-5,9-10,13,15,19-20,27H,6-8,12,14H2,1H3/t19-,20-/m0/s1. The number of imidazole rings is 1. The highest BCUT2D eigenvalue weighted by Gasteiger charge is 2.39. The van der Waals surface area contributed by atoms with Crippen molar-refractivity contribution in [2.24, 2.45) is 0 Å². The van der Waals surface area contributed by atoms with Gasteiger partial charge in [-0.2, -0.15) is 14.0 Å². The molecule has 204 valence electrons. The summed E-state index contributed by atoms with van der Waals surface area (Å²) in [5.74, 6) is 0.793. The lowest BCUT2D eigenvalue weighted by Gasteiger charge is -2.33. The number of nitriles is 1. The SMILES string of the molecule is Cc1nc2cc(-c3cn(C(F)F)cn3)c(O[C@H]3CCN4C(=O)OC[C@@H]4C3)cc2c(=O)n1Cc1ccc(C#N)cc1. The monoisotopic (exact) mass is 546 g/mol. The molecule has 6 rings (SSSR count). The minimum absolute atomic E-state index is 0.109. The van der Waals surface area contributed by atoms with Crippen LogP contribution in [0.1, 0.15) is 36.3 Å². The van der Waals surface area contributed by atoms with Crippen molar-refractivity contribution in [1.29, 1.82) is 5.26 Å². The molecule has 2 atom stereocenters. The second kappa shape index (κ2) is 10.1. The molecule has 2 aliphatic heterocycles. The van der Waals surface area contributed by atoms with E-state index in [0.29, 0.717) is 57.6 Å². The lowest BCUT2D eigenvalue weighted by Crippen LogP contribution is -2.44. The Labute approximate surface area is 227 Å². The second-order valence-corrected chi connectivity index (χ2v) is 9.90. The first-order valence-corrected chi connectivity index (χ1v) is 12.8. The molecule has 0 radical (unpaired) electrons. The fraction of sp³-hybridized carbons (Fsp3) is 0.321. The highest BCUT2D eigenvalue weighted by molar-refractivity contribution is 5.87. The number of carbonyl (C=O) groups is 1. The second-order valence-electron chi connectivity index (χ2n) is 9.90. The zero-order valence-electron chi connectivity index (χ0n) is 21.5. The molecule has 0 aliphatic carbocycles. The summed E-state index contributed by atoms with van der Waals surface area (Å²) in [6, 6.07) is 12.2. The van der Waals surface area contributed by atoms with Crippen LogP contribution in [0.2, 0.25) is 0 Å². The van der Waals surface area contributed by atoms with Gasteiger partial charge < -0.3 is 14.4 Å². The maximum Gasteiger partial charge on any atom is 0.410 e. The minimum Gasteiger partial charge on any atom is -0.490 e. The molecular formula is C28H24F2N6O4. The number of nitrogens with zero attached hydrogens (tertiary/aromatic N) is 6. The Bertz CT molecular complexity index is 1710. The smallest absolute Gasteiger partial charge is 0.410 e. The van der Waals surface area contributed by atoms with Crippen LogP contribution in [0.3, 0.4) is 0 Å². The van der Waals surface area contributed by atoms with Crippen LogP contribution in [-0.2, 0) is 11.3 Å². The number of aryl methyl sites for hydroxylation is 1. The van der Waals surface area contributed by atoms with E-state index >= 15 is 0 Å². The molecule has 0 saturated carbocycles. The predicted octanol–water partition coefficient (Wildman–Crippen LogP) is 4.25. The quantitative estimate of drug-likeness (QED) is 0.355. The number of benzene rings is 2. The van der Waals surface area contributed by atoms with Gasteiger partial charge in [-0.25, -0.2) is 14.8 Å². The van der Waals surface area contributed by atoms with Crippen LogP contribution in [0.15, 0.2) is 53.7 Å². The van der Waals surface area contributed by atoms with E-state index in [-0.39, 0.29) is 42.6 Å². The van der Waals surface area contributed by atoms with Crippen molar-refractivity contribution in [3.63, 3.8) is 0 Å². The number of halogens is 2. The molecule has 2 aliphatic rings. The highest BCUT2D eigenvalue weighted by Crippen LogP contribution is 2.36. The average Bonchev–Trinajstić information content (AvgIpc) is 3.59. The maximum absolute atomic E-state index is 13.7. The molecule has 4 heterocycles. The maximum atomic E-state index is 13.7. The number of fused-ring (bicyclic) bond motifs is 2. The molecule has 2 saturated heterocycles. The number of piperidine rings is 1. The highest BCUT2D eigenvalue weighted by atomic mass is 19.3. The van der Waals surface area contributed by atoms with Gasteiger partial charge in [0, 0.05) is 31.1 Å². The van der Waals surface area contributed by atoms with Gasteiger partial charge in [-0.3, -0.25) is 13.9 Å². The molecule has 40 heavy (non-hydrogen) atoms.